The number of carbonyl (C=O) groups excluding carboxylic acids is 4. The fourth-order valence-corrected chi connectivity index (χ4v) is 13.1. The predicted molar refractivity (Wildman–Crippen MR) is 318 cm³/mol. The highest BCUT2D eigenvalue weighted by molar-refractivity contribution is 7.88. The van der Waals surface area contributed by atoms with E-state index in [9.17, 15) is 36.0 Å². The maximum absolute atomic E-state index is 14.6. The van der Waals surface area contributed by atoms with E-state index in [-0.39, 0.29) is 50.9 Å². The number of likely N-dealkylation sites (N-methyl/N-ethyl adjacent to an activating group) is 2. The second kappa shape index (κ2) is 32.4. The van der Waals surface area contributed by atoms with Gasteiger partial charge in [-0.3, -0.25) is 19.2 Å². The molecule has 2 fully saturated rings. The molecule has 6 rings (SSSR count). The maximum atomic E-state index is 14.6. The number of likely N-dealkylation sites (tertiary alicyclic amines) is 2. The first-order chi connectivity index (χ1) is 39.4. The molecule has 0 saturated carbocycles. The Kier molecular flexibility index (Phi) is 25.6. The van der Waals surface area contributed by atoms with Gasteiger partial charge in [0.25, 0.3) is 0 Å². The predicted octanol–water partition coefficient (Wildman–Crippen LogP) is 4.12. The first-order valence-corrected chi connectivity index (χ1v) is 31.5. The third kappa shape index (κ3) is 19.6. The van der Waals surface area contributed by atoms with Gasteiger partial charge in [-0.1, -0.05) is 133 Å². The summed E-state index contributed by atoms with van der Waals surface area (Å²) >= 11 is 0. The van der Waals surface area contributed by atoms with Gasteiger partial charge in [0.15, 0.2) is 0 Å². The number of hydrogen-bond acceptors (Lipinski definition) is 12. The highest BCUT2D eigenvalue weighted by Crippen LogP contribution is 2.26. The Labute approximate surface area is 486 Å². The summed E-state index contributed by atoms with van der Waals surface area (Å²) in [6.45, 7) is 7.75. The van der Waals surface area contributed by atoms with Crippen LogP contribution in [0.4, 0.5) is 0 Å². The molecule has 2 aliphatic rings. The Morgan fingerprint density at radius 3 is 1.20 bits per heavy atom. The van der Waals surface area contributed by atoms with Crippen LogP contribution in [0.25, 0.3) is 0 Å². The van der Waals surface area contributed by atoms with Crippen LogP contribution in [0.3, 0.4) is 0 Å². The van der Waals surface area contributed by atoms with Crippen molar-refractivity contribution >= 4 is 43.7 Å². The molecule has 4 aromatic rings. The normalized spacial score (nSPS) is 17.6. The van der Waals surface area contributed by atoms with E-state index in [0.717, 1.165) is 11.1 Å². The second-order valence-electron chi connectivity index (χ2n) is 21.0. The number of nitrogens with zero attached hydrogens (tertiary/aromatic N) is 4. The summed E-state index contributed by atoms with van der Waals surface area (Å²) in [6, 6.07) is 32.9. The lowest BCUT2D eigenvalue weighted by Gasteiger charge is -2.34. The molecule has 18 nitrogen and oxygen atoms in total. The van der Waals surface area contributed by atoms with E-state index in [1.54, 1.807) is 100 Å². The fraction of sp³-hybridized carbons (Fsp3) is 0.484. The van der Waals surface area contributed by atoms with Gasteiger partial charge in [0.05, 0.1) is 35.8 Å². The standard InChI is InChI=1S/C62H82N8O10S2/c1-47(63-5)59(71)65-57(61(73)69-37-23-33-55(69)43-67(39-35-51-25-13-9-14-26-51)81(75,76)45-53-29-17-11-18-30-53)49(3)79-41-21-7-8-22-42-80-50(4)58(66-60(72)48(2)64-6)62(74)70-38-24-34-56(70)44-68(40-36-52-27-15-10-16-28-52)82(77,78)46-54-31-19-12-20-32-54/h9-20,25-32,47-50,55-58,63-64H,23-24,33-46H2,1-6H3,(H,65,71)(H,66,72)/t47-,48-,49+,50+,55-,56-,57-,58-/m0/s1. The highest BCUT2D eigenvalue weighted by Gasteiger charge is 2.41. The van der Waals surface area contributed by atoms with E-state index in [0.29, 0.717) is 62.7 Å². The van der Waals surface area contributed by atoms with Crippen LogP contribution < -0.4 is 21.3 Å². The van der Waals surface area contributed by atoms with Crippen molar-refractivity contribution in [2.45, 2.75) is 126 Å². The molecule has 20 heteroatoms. The summed E-state index contributed by atoms with van der Waals surface area (Å²) in [5, 5.41) is 11.6. The van der Waals surface area contributed by atoms with Crippen LogP contribution in [0.15, 0.2) is 121 Å². The molecule has 2 saturated heterocycles. The number of carbonyl (C=O) groups is 4. The molecule has 82 heavy (non-hydrogen) atoms. The minimum Gasteiger partial charge on any atom is -0.363 e. The number of rotatable bonds is 30. The number of hydrogen-bond donors (Lipinski definition) is 4. The minimum atomic E-state index is -3.81. The van der Waals surface area contributed by atoms with Crippen LogP contribution in [0.5, 0.6) is 0 Å². The zero-order valence-corrected chi connectivity index (χ0v) is 49.8. The highest BCUT2D eigenvalue weighted by atomic mass is 32.2. The van der Waals surface area contributed by atoms with E-state index in [1.165, 1.54) is 8.61 Å². The quantitative estimate of drug-likeness (QED) is 0.0543. The molecule has 0 radical (unpaired) electrons. The van der Waals surface area contributed by atoms with Gasteiger partial charge in [0, 0.05) is 51.4 Å². The molecule has 0 unspecified atom stereocenters. The number of benzene rings is 4. The van der Waals surface area contributed by atoms with Gasteiger partial charge in [0.1, 0.15) is 25.3 Å². The maximum Gasteiger partial charge on any atom is 0.248 e. The van der Waals surface area contributed by atoms with Crippen molar-refractivity contribution < 1.29 is 45.5 Å². The van der Waals surface area contributed by atoms with Gasteiger partial charge in [-0.2, -0.15) is 8.61 Å². The molecule has 0 aliphatic carbocycles. The van der Waals surface area contributed by atoms with Crippen molar-refractivity contribution in [3.05, 3.63) is 144 Å². The first-order valence-electron chi connectivity index (χ1n) is 28.3. The average Bonchev–Trinajstić information content (AvgIpc) is 4.35. The van der Waals surface area contributed by atoms with Crippen LogP contribution in [0, 0.1) is 23.7 Å². The summed E-state index contributed by atoms with van der Waals surface area (Å²) < 4.78 is 71.6. The van der Waals surface area contributed by atoms with Gasteiger partial charge in [-0.15, -0.1) is 0 Å². The summed E-state index contributed by atoms with van der Waals surface area (Å²) in [6.07, 6.45) is 1.70. The summed E-state index contributed by atoms with van der Waals surface area (Å²) in [5.41, 5.74) is 3.30. The average molecular weight is 1160 g/mol. The van der Waals surface area contributed by atoms with Crippen molar-refractivity contribution in [3.8, 4) is 23.7 Å². The Balaban J connectivity index is 1.09. The van der Waals surface area contributed by atoms with E-state index in [2.05, 4.69) is 44.9 Å². The van der Waals surface area contributed by atoms with Crippen molar-refractivity contribution in [1.29, 1.82) is 0 Å². The Hall–Kier alpha value is -6.46. The van der Waals surface area contributed by atoms with E-state index >= 15 is 0 Å². The molecular formula is C62H82N8O10S2. The van der Waals surface area contributed by atoms with Gasteiger partial charge in [-0.05, 0) is 114 Å². The van der Waals surface area contributed by atoms with Crippen molar-refractivity contribution in [1.82, 2.24) is 39.7 Å². The lowest BCUT2D eigenvalue weighted by atomic mass is 10.1. The third-order valence-corrected chi connectivity index (χ3v) is 18.7. The SMILES string of the molecule is CN[C@@H](C)C(=O)N[C@H](C(=O)N1CCC[C@H]1CN(CCc1ccccc1)S(=O)(=O)Cc1ccccc1)[C@@H](C)OCC#CC#CCO[C@H](C)[C@H](NC(=O)[C@H](C)NC)C(=O)N1CCC[C@H]1CN(CCc1ccccc1)S(=O)(=O)Cc1ccccc1. The molecule has 4 amide bonds. The van der Waals surface area contributed by atoms with Gasteiger partial charge >= 0.3 is 0 Å². The van der Waals surface area contributed by atoms with Crippen LogP contribution in [0.2, 0.25) is 0 Å². The van der Waals surface area contributed by atoms with Crippen molar-refractivity contribution in [2.75, 3.05) is 66.6 Å². The molecule has 0 aromatic heterocycles. The molecule has 2 aliphatic heterocycles. The smallest absolute Gasteiger partial charge is 0.248 e. The van der Waals surface area contributed by atoms with E-state index < -0.39 is 92.1 Å². The zero-order valence-electron chi connectivity index (χ0n) is 48.2. The summed E-state index contributed by atoms with van der Waals surface area (Å²) in [5.74, 6) is 9.16. The number of sulfonamides is 2. The number of amides is 4. The lowest BCUT2D eigenvalue weighted by molar-refractivity contribution is -0.141. The number of ether oxygens (including phenoxy) is 2. The summed E-state index contributed by atoms with van der Waals surface area (Å²) in [4.78, 5) is 59.2. The molecule has 442 valence electrons. The molecule has 8 atom stereocenters. The Morgan fingerprint density at radius 2 is 0.866 bits per heavy atom. The Bertz CT molecular complexity index is 2830. The monoisotopic (exact) mass is 1160 g/mol. The third-order valence-electron chi connectivity index (χ3n) is 15.1. The zero-order chi connectivity index (χ0) is 59.1. The molecule has 2 heterocycles. The molecule has 4 N–H and O–H groups in total. The van der Waals surface area contributed by atoms with Crippen molar-refractivity contribution in [2.24, 2.45) is 0 Å². The molecular weight excluding hydrogens is 1080 g/mol. The molecule has 4 aromatic carbocycles. The second-order valence-corrected chi connectivity index (χ2v) is 24.9. The van der Waals surface area contributed by atoms with E-state index in [4.69, 9.17) is 9.47 Å². The first kappa shape index (κ1) is 64.7. The van der Waals surface area contributed by atoms with Crippen molar-refractivity contribution in [3.63, 3.8) is 0 Å². The topological polar surface area (TPSA) is 216 Å². The minimum absolute atomic E-state index is 0.0855. The molecule has 0 bridgehead atoms. The lowest BCUT2D eigenvalue weighted by Crippen LogP contribution is -2.58. The van der Waals surface area contributed by atoms with Crippen LogP contribution in [-0.2, 0) is 73.0 Å². The van der Waals surface area contributed by atoms with Gasteiger partial charge in [-0.25, -0.2) is 16.8 Å². The van der Waals surface area contributed by atoms with Gasteiger partial charge in [0.2, 0.25) is 43.7 Å². The summed E-state index contributed by atoms with van der Waals surface area (Å²) in [7, 11) is -4.35. The largest absolute Gasteiger partial charge is 0.363 e. The van der Waals surface area contributed by atoms with Gasteiger partial charge < -0.3 is 40.5 Å². The molecule has 0 spiro atoms. The van der Waals surface area contributed by atoms with E-state index in [1.807, 2.05) is 72.8 Å². The van der Waals surface area contributed by atoms with Crippen LogP contribution in [0.1, 0.15) is 75.6 Å². The van der Waals surface area contributed by atoms with Crippen LogP contribution >= 0.6 is 0 Å². The fourth-order valence-electron chi connectivity index (χ4n) is 9.97. The van der Waals surface area contributed by atoms with Crippen LogP contribution in [-0.4, -0.2) is 174 Å². The Morgan fingerprint density at radius 1 is 0.537 bits per heavy atom. The number of nitrogens with one attached hydrogen (secondary N) is 4.